The Morgan fingerprint density at radius 1 is 0.517 bits per heavy atom. The Kier molecular flexibility index (Phi) is 7.24. The first-order chi connectivity index (χ1) is 12.0. The van der Waals surface area contributed by atoms with E-state index in [9.17, 15) is 74.6 Å². The van der Waals surface area contributed by atoms with Gasteiger partial charge in [-0.2, -0.15) is 61.5 Å². The van der Waals surface area contributed by atoms with Crippen molar-refractivity contribution in [1.82, 2.24) is 0 Å². The molecule has 0 aromatic heterocycles. The molecule has 0 aromatic carbocycles. The largest absolute Gasteiger partial charge is 0.460 e. The van der Waals surface area contributed by atoms with Crippen molar-refractivity contribution in [3.8, 4) is 0 Å². The second-order valence-corrected chi connectivity index (χ2v) is 8.03. The summed E-state index contributed by atoms with van der Waals surface area (Å²) in [5.41, 5.74) is -8.62. The molecule has 0 aliphatic heterocycles. The van der Waals surface area contributed by atoms with Crippen LogP contribution in [0.15, 0.2) is 0 Å². The highest BCUT2D eigenvalue weighted by Gasteiger charge is 2.98. The summed E-state index contributed by atoms with van der Waals surface area (Å²) in [5.74, 6) is -25.1. The van der Waals surface area contributed by atoms with Crippen LogP contribution in [0.4, 0.5) is 74.6 Å². The van der Waals surface area contributed by atoms with E-state index in [-0.39, 0.29) is 0 Å². The molecule has 0 radical (unpaired) electrons. The van der Waals surface area contributed by atoms with Crippen molar-refractivity contribution in [3.63, 3.8) is 0 Å². The van der Waals surface area contributed by atoms with E-state index in [2.05, 4.69) is 11.6 Å². The first-order valence-corrected chi connectivity index (χ1v) is 8.03. The highest BCUT2D eigenvalue weighted by molar-refractivity contribution is 14.1. The summed E-state index contributed by atoms with van der Waals surface area (Å²) in [6.45, 7) is 0. The van der Waals surface area contributed by atoms with E-state index in [1.165, 1.54) is 0 Å². The molecule has 29 heavy (non-hydrogen) atoms. The summed E-state index contributed by atoms with van der Waals surface area (Å²) in [6.07, 6.45) is -16.1. The van der Waals surface area contributed by atoms with Gasteiger partial charge in [0.1, 0.15) is 0 Å². The summed E-state index contributed by atoms with van der Waals surface area (Å²) in [7, 11) is 0. The summed E-state index contributed by atoms with van der Waals surface area (Å²) in [5, 5.41) is -6.31. The van der Waals surface area contributed by atoms with Crippen LogP contribution in [-0.2, 0) is 0 Å². The summed E-state index contributed by atoms with van der Waals surface area (Å²) in [6, 6.07) is 0. The monoisotopic (exact) mass is 672 g/mol. The first kappa shape index (κ1) is 29.3. The predicted molar refractivity (Wildman–Crippen MR) is 72.2 cm³/mol. The molecule has 0 nitrogen and oxygen atoms in total. The molecule has 0 bridgehead atoms. The summed E-state index contributed by atoms with van der Waals surface area (Å²) < 4.78 is 215. The van der Waals surface area contributed by atoms with Crippen LogP contribution in [0.3, 0.4) is 0 Å². The molecule has 0 amide bonds. The summed E-state index contributed by atoms with van der Waals surface area (Å²) in [4.78, 5) is -5.92. The Bertz CT molecular complexity index is 616. The quantitative estimate of drug-likeness (QED) is 0.154. The van der Waals surface area contributed by atoms with Crippen molar-refractivity contribution >= 4 is 50.1 Å². The van der Waals surface area contributed by atoms with E-state index in [0.717, 1.165) is 15.9 Å². The van der Waals surface area contributed by atoms with Crippen LogP contribution in [0.1, 0.15) is 0 Å². The third kappa shape index (κ3) is 3.75. The van der Waals surface area contributed by atoms with Crippen LogP contribution in [0.2, 0.25) is 0 Å². The molecular weight excluding hydrogens is 673 g/mol. The topological polar surface area (TPSA) is 0 Å². The van der Waals surface area contributed by atoms with Gasteiger partial charge in [0, 0.05) is 0 Å². The molecule has 0 spiro atoms. The lowest BCUT2D eigenvalue weighted by Gasteiger charge is -2.47. The van der Waals surface area contributed by atoms with Crippen molar-refractivity contribution < 1.29 is 74.6 Å². The van der Waals surface area contributed by atoms with Crippen molar-refractivity contribution in [3.05, 3.63) is 0 Å². The van der Waals surface area contributed by atoms with Gasteiger partial charge in [-0.15, -0.1) is 0 Å². The van der Waals surface area contributed by atoms with Crippen molar-refractivity contribution in [2.45, 2.75) is 49.4 Å². The van der Waals surface area contributed by atoms with Gasteiger partial charge < -0.3 is 0 Å². The van der Waals surface area contributed by atoms with Gasteiger partial charge in [-0.3, -0.25) is 0 Å². The zero-order valence-corrected chi connectivity index (χ0v) is 16.6. The lowest BCUT2D eigenvalue weighted by molar-refractivity contribution is -0.448. The molecule has 0 saturated carbocycles. The molecular formula is C9BrClF17I. The minimum absolute atomic E-state index is 0.730. The maximum Gasteiger partial charge on any atom is 0.460 e. The molecule has 3 atom stereocenters. The molecule has 0 N–H and O–H groups in total. The number of hydrogen-bond acceptors (Lipinski definition) is 0. The maximum absolute atomic E-state index is 14.0. The minimum atomic E-state index is -8.63. The van der Waals surface area contributed by atoms with Gasteiger partial charge in [-0.05, 0) is 38.5 Å². The Labute approximate surface area is 174 Å². The first-order valence-electron chi connectivity index (χ1n) is 5.78. The fourth-order valence-corrected chi connectivity index (χ4v) is 3.01. The van der Waals surface area contributed by atoms with Crippen LogP contribution < -0.4 is 0 Å². The zero-order chi connectivity index (χ0) is 24.5. The van der Waals surface area contributed by atoms with E-state index in [1.54, 1.807) is 0 Å². The molecule has 20 heteroatoms. The van der Waals surface area contributed by atoms with Gasteiger partial charge >= 0.3 is 45.7 Å². The van der Waals surface area contributed by atoms with Gasteiger partial charge in [-0.1, -0.05) is 11.6 Å². The third-order valence-corrected chi connectivity index (χ3v) is 6.16. The molecule has 0 heterocycles. The standard InChI is InChI=1S/C9BrClF17I/c10-7(21,22)2(11,13)6(20,29)4(16,17)1(12,8(23,24)25)3(14,15)5(18,19)9(26,27)28. The highest BCUT2D eigenvalue weighted by atomic mass is 127. The lowest BCUT2D eigenvalue weighted by Crippen LogP contribution is -2.79. The third-order valence-electron chi connectivity index (χ3n) is 3.15. The van der Waals surface area contributed by atoms with E-state index >= 15 is 0 Å². The molecule has 0 saturated heterocycles. The molecule has 176 valence electrons. The maximum atomic E-state index is 14.0. The number of alkyl halides is 20. The van der Waals surface area contributed by atoms with Crippen LogP contribution in [0.5, 0.6) is 0 Å². The van der Waals surface area contributed by atoms with Crippen molar-refractivity contribution in [2.75, 3.05) is 0 Å². The number of halogens is 20. The fraction of sp³-hybridized carbons (Fsp3) is 1.00. The highest BCUT2D eigenvalue weighted by Crippen LogP contribution is 2.69. The smallest absolute Gasteiger partial charge is 0.220 e. The summed E-state index contributed by atoms with van der Waals surface area (Å²) >= 11 is 3.52. The van der Waals surface area contributed by atoms with Gasteiger partial charge in [0.25, 0.3) is 3.68 Å². The van der Waals surface area contributed by atoms with Crippen LogP contribution in [-0.4, -0.2) is 49.4 Å². The Morgan fingerprint density at radius 2 is 0.828 bits per heavy atom. The number of hydrogen-bond donors (Lipinski definition) is 0. The van der Waals surface area contributed by atoms with Crippen molar-refractivity contribution in [2.24, 2.45) is 0 Å². The number of rotatable bonds is 6. The van der Waals surface area contributed by atoms with Crippen molar-refractivity contribution in [1.29, 1.82) is 0 Å². The molecule has 0 aliphatic carbocycles. The zero-order valence-electron chi connectivity index (χ0n) is 12.1. The molecule has 0 fully saturated rings. The van der Waals surface area contributed by atoms with Gasteiger partial charge in [0.05, 0.1) is 0 Å². The van der Waals surface area contributed by atoms with Gasteiger partial charge in [0.2, 0.25) is 0 Å². The second kappa shape index (κ2) is 7.16. The van der Waals surface area contributed by atoms with Gasteiger partial charge in [0.15, 0.2) is 0 Å². The fourth-order valence-electron chi connectivity index (χ4n) is 1.54. The molecule has 0 aromatic rings. The molecule has 0 rings (SSSR count). The van der Waals surface area contributed by atoms with Crippen LogP contribution >= 0.6 is 50.1 Å². The van der Waals surface area contributed by atoms with E-state index in [4.69, 9.17) is 0 Å². The Hall–Kier alpha value is 0.310. The van der Waals surface area contributed by atoms with E-state index in [1.807, 2.05) is 0 Å². The van der Waals surface area contributed by atoms with Crippen LogP contribution in [0, 0.1) is 0 Å². The molecule has 0 aliphatic rings. The van der Waals surface area contributed by atoms with E-state index < -0.39 is 72.0 Å². The van der Waals surface area contributed by atoms with E-state index in [0.29, 0.717) is 0 Å². The molecule has 3 unspecified atom stereocenters. The predicted octanol–water partition coefficient (Wildman–Crippen LogP) is 7.72. The minimum Gasteiger partial charge on any atom is -0.220 e. The lowest BCUT2D eigenvalue weighted by atomic mass is 9.81. The Balaban J connectivity index is 7.30. The Morgan fingerprint density at radius 3 is 1.03 bits per heavy atom. The average molecular weight is 673 g/mol. The SMILES string of the molecule is FC(F)(F)C(F)(F)C(F)(F)C(F)(C(F)(F)F)C(F)(F)C(F)(I)C(F)(Cl)C(F)(F)Br. The normalized spacial score (nSPS) is 21.9. The van der Waals surface area contributed by atoms with Gasteiger partial charge in [-0.25, -0.2) is 13.2 Å². The second-order valence-electron chi connectivity index (χ2n) is 5.02. The average Bonchev–Trinajstić information content (AvgIpc) is 2.41. The van der Waals surface area contributed by atoms with Crippen LogP contribution in [0.25, 0.3) is 0 Å².